The summed E-state index contributed by atoms with van der Waals surface area (Å²) in [5, 5.41) is 12.3. The van der Waals surface area contributed by atoms with Gasteiger partial charge >= 0.3 is 0 Å². The summed E-state index contributed by atoms with van der Waals surface area (Å²) in [6.45, 7) is 1.80. The van der Waals surface area contributed by atoms with Crippen molar-refractivity contribution in [1.29, 1.82) is 5.26 Å². The van der Waals surface area contributed by atoms with E-state index in [9.17, 15) is 0 Å². The zero-order valence-corrected chi connectivity index (χ0v) is 13.0. The lowest BCUT2D eigenvalue weighted by atomic mass is 10.1. The third-order valence-electron chi connectivity index (χ3n) is 3.78. The topological polar surface area (TPSA) is 63.5 Å². The number of rotatable bonds is 6. The number of fused-ring (bicyclic) bond motifs is 1. The maximum atomic E-state index is 8.93. The van der Waals surface area contributed by atoms with Crippen molar-refractivity contribution >= 4 is 0 Å². The molecule has 118 valence electrons. The van der Waals surface area contributed by atoms with E-state index in [0.29, 0.717) is 12.1 Å². The molecule has 0 unspecified atom stereocenters. The molecule has 23 heavy (non-hydrogen) atoms. The van der Waals surface area contributed by atoms with E-state index in [0.717, 1.165) is 41.3 Å². The van der Waals surface area contributed by atoms with Crippen molar-refractivity contribution in [2.24, 2.45) is 0 Å². The second kappa shape index (κ2) is 7.03. The molecule has 0 spiro atoms. The minimum atomic E-state index is 0.286. The molecule has 0 atom stereocenters. The number of hydrogen-bond acceptors (Lipinski definition) is 5. The Balaban J connectivity index is 1.57. The fourth-order valence-electron chi connectivity index (χ4n) is 2.60. The fourth-order valence-corrected chi connectivity index (χ4v) is 2.60. The number of methoxy groups -OCH3 is 1. The van der Waals surface area contributed by atoms with Gasteiger partial charge in [0.2, 0.25) is 6.79 Å². The number of nitriles is 1. The van der Waals surface area contributed by atoms with Crippen LogP contribution in [0.2, 0.25) is 0 Å². The van der Waals surface area contributed by atoms with Crippen molar-refractivity contribution in [3.05, 3.63) is 53.1 Å². The van der Waals surface area contributed by atoms with Crippen LogP contribution in [0.4, 0.5) is 0 Å². The smallest absolute Gasteiger partial charge is 0.231 e. The van der Waals surface area contributed by atoms with E-state index < -0.39 is 0 Å². The molecule has 1 heterocycles. The summed E-state index contributed by atoms with van der Waals surface area (Å²) in [7, 11) is 1.62. The molecular formula is C18H18N2O3. The summed E-state index contributed by atoms with van der Waals surface area (Å²) >= 11 is 0. The molecule has 0 aliphatic carbocycles. The minimum Gasteiger partial charge on any atom is -0.496 e. The Kier molecular flexibility index (Phi) is 4.65. The predicted octanol–water partition coefficient (Wildman–Crippen LogP) is 2.63. The predicted molar refractivity (Wildman–Crippen MR) is 85.7 cm³/mol. The molecule has 1 aliphatic rings. The lowest BCUT2D eigenvalue weighted by Crippen LogP contribution is -2.17. The first-order chi connectivity index (χ1) is 11.3. The van der Waals surface area contributed by atoms with Gasteiger partial charge in [-0.2, -0.15) is 5.26 Å². The number of nitrogens with zero attached hydrogens (tertiary/aromatic N) is 1. The zero-order valence-electron chi connectivity index (χ0n) is 13.0. The van der Waals surface area contributed by atoms with E-state index in [-0.39, 0.29) is 6.79 Å². The van der Waals surface area contributed by atoms with Crippen LogP contribution in [-0.4, -0.2) is 20.4 Å². The first-order valence-electron chi connectivity index (χ1n) is 7.47. The van der Waals surface area contributed by atoms with Crippen molar-refractivity contribution in [1.82, 2.24) is 5.32 Å². The van der Waals surface area contributed by atoms with Gasteiger partial charge in [0.1, 0.15) is 5.75 Å². The second-order valence-corrected chi connectivity index (χ2v) is 5.22. The Morgan fingerprint density at radius 2 is 2.13 bits per heavy atom. The van der Waals surface area contributed by atoms with Crippen LogP contribution in [0.15, 0.2) is 36.4 Å². The molecule has 2 aromatic carbocycles. The Hall–Kier alpha value is -2.71. The van der Waals surface area contributed by atoms with E-state index in [1.54, 1.807) is 13.2 Å². The lowest BCUT2D eigenvalue weighted by Gasteiger charge is -2.10. The van der Waals surface area contributed by atoms with Crippen LogP contribution in [0.1, 0.15) is 16.7 Å². The maximum absolute atomic E-state index is 8.93. The molecule has 2 aromatic rings. The van der Waals surface area contributed by atoms with Gasteiger partial charge in [0.25, 0.3) is 0 Å². The third kappa shape index (κ3) is 3.38. The number of ether oxygens (including phenoxy) is 3. The van der Waals surface area contributed by atoms with Gasteiger partial charge in [-0.25, -0.2) is 0 Å². The lowest BCUT2D eigenvalue weighted by molar-refractivity contribution is 0.173. The van der Waals surface area contributed by atoms with Gasteiger partial charge in [-0.3, -0.25) is 0 Å². The van der Waals surface area contributed by atoms with Crippen LogP contribution in [0.25, 0.3) is 0 Å². The average molecular weight is 310 g/mol. The van der Waals surface area contributed by atoms with Gasteiger partial charge in [-0.15, -0.1) is 0 Å². The number of para-hydroxylation sites is 1. The highest BCUT2D eigenvalue weighted by Gasteiger charge is 2.16. The molecule has 1 aliphatic heterocycles. The van der Waals surface area contributed by atoms with E-state index in [4.69, 9.17) is 19.5 Å². The summed E-state index contributed by atoms with van der Waals surface area (Å²) in [6, 6.07) is 13.5. The van der Waals surface area contributed by atoms with Crippen LogP contribution in [0.3, 0.4) is 0 Å². The molecule has 0 radical (unpaired) electrons. The van der Waals surface area contributed by atoms with Gasteiger partial charge in [0, 0.05) is 12.1 Å². The Morgan fingerprint density at radius 1 is 1.22 bits per heavy atom. The quantitative estimate of drug-likeness (QED) is 0.831. The maximum Gasteiger partial charge on any atom is 0.231 e. The Bertz CT molecular complexity index is 738. The summed E-state index contributed by atoms with van der Waals surface area (Å²) in [5.41, 5.74) is 2.78. The highest BCUT2D eigenvalue weighted by Crippen LogP contribution is 2.35. The SMILES string of the molecule is COc1cc(C#N)ccc1CCNCc1cccc2c1OCO2. The van der Waals surface area contributed by atoms with Crippen molar-refractivity contribution in [3.63, 3.8) is 0 Å². The van der Waals surface area contributed by atoms with E-state index in [2.05, 4.69) is 11.4 Å². The van der Waals surface area contributed by atoms with Crippen molar-refractivity contribution < 1.29 is 14.2 Å². The second-order valence-electron chi connectivity index (χ2n) is 5.22. The highest BCUT2D eigenvalue weighted by atomic mass is 16.7. The van der Waals surface area contributed by atoms with Crippen molar-refractivity contribution in [2.75, 3.05) is 20.4 Å². The third-order valence-corrected chi connectivity index (χ3v) is 3.78. The Morgan fingerprint density at radius 3 is 2.96 bits per heavy atom. The first-order valence-corrected chi connectivity index (χ1v) is 7.47. The van der Waals surface area contributed by atoms with Gasteiger partial charge in [-0.1, -0.05) is 18.2 Å². The Labute approximate surface area is 135 Å². The van der Waals surface area contributed by atoms with Crippen LogP contribution in [-0.2, 0) is 13.0 Å². The highest BCUT2D eigenvalue weighted by molar-refractivity contribution is 5.48. The summed E-state index contributed by atoms with van der Waals surface area (Å²) in [6.07, 6.45) is 0.821. The van der Waals surface area contributed by atoms with Crippen LogP contribution in [0, 0.1) is 11.3 Å². The van der Waals surface area contributed by atoms with Gasteiger partial charge in [0.15, 0.2) is 11.5 Å². The van der Waals surface area contributed by atoms with Gasteiger partial charge in [0.05, 0.1) is 18.7 Å². The summed E-state index contributed by atoms with van der Waals surface area (Å²) in [4.78, 5) is 0. The molecule has 0 fully saturated rings. The first kappa shape index (κ1) is 15.2. The largest absolute Gasteiger partial charge is 0.496 e. The van der Waals surface area contributed by atoms with Gasteiger partial charge in [-0.05, 0) is 36.7 Å². The van der Waals surface area contributed by atoms with Crippen LogP contribution < -0.4 is 19.5 Å². The monoisotopic (exact) mass is 310 g/mol. The van der Waals surface area contributed by atoms with Crippen LogP contribution in [0.5, 0.6) is 17.2 Å². The standard InChI is InChI=1S/C18H18N2O3/c1-21-17-9-13(10-19)5-6-14(17)7-8-20-11-15-3-2-4-16-18(15)23-12-22-16/h2-6,9,20H,7-8,11-12H2,1H3. The molecule has 5 heteroatoms. The van der Waals surface area contributed by atoms with Crippen molar-refractivity contribution in [2.45, 2.75) is 13.0 Å². The summed E-state index contributed by atoms with van der Waals surface area (Å²) < 4.78 is 16.2. The van der Waals surface area contributed by atoms with Crippen molar-refractivity contribution in [3.8, 4) is 23.3 Å². The molecule has 0 saturated heterocycles. The fraction of sp³-hybridized carbons (Fsp3) is 0.278. The number of nitrogens with one attached hydrogen (secondary N) is 1. The molecule has 0 amide bonds. The van der Waals surface area contributed by atoms with Gasteiger partial charge < -0.3 is 19.5 Å². The normalized spacial score (nSPS) is 12.0. The molecule has 0 bridgehead atoms. The van der Waals surface area contributed by atoms with E-state index >= 15 is 0 Å². The molecule has 1 N–H and O–H groups in total. The minimum absolute atomic E-state index is 0.286. The molecule has 5 nitrogen and oxygen atoms in total. The molecular weight excluding hydrogens is 292 g/mol. The number of benzene rings is 2. The van der Waals surface area contributed by atoms with E-state index in [1.807, 2.05) is 30.3 Å². The average Bonchev–Trinajstić information content (AvgIpc) is 3.08. The molecule has 0 saturated carbocycles. The zero-order chi connectivity index (χ0) is 16.1. The van der Waals surface area contributed by atoms with Crippen LogP contribution >= 0.6 is 0 Å². The molecule has 3 rings (SSSR count). The molecule has 0 aromatic heterocycles. The number of hydrogen-bond donors (Lipinski definition) is 1. The summed E-state index contributed by atoms with van der Waals surface area (Å²) in [5.74, 6) is 2.39. The van der Waals surface area contributed by atoms with E-state index in [1.165, 1.54) is 0 Å².